The van der Waals surface area contributed by atoms with Gasteiger partial charge in [0.05, 0.1) is 58.1 Å². The van der Waals surface area contributed by atoms with Crippen molar-refractivity contribution in [2.45, 2.75) is 83.3 Å². The molecule has 3 atom stereocenters. The lowest BCUT2D eigenvalue weighted by Gasteiger charge is -2.52. The standard InChI is InChI=1S/C48H58N12O4/c1-29-20-33-22-41(50-29)38-24-49-55(3)47(38)64-28-32-5-4-31(21-32)25-60-43-23-35(6-8-40(43)52-48(60)54-45(33)62)56-16-18-57(19-17-56)36-26-59(27-36)34-12-14-58(15-13-34)42-10-9-39(51-30(42)2)37-7-11-44(61)53-46(37)63/h6,8-10,20,22-24,31-32,34,36-37H,4-5,7,11-19,21,25-28H2,1-3H3,(H,52,54,62)(H,53,61,63)/t31-,32+,37?/m1/s1. The van der Waals surface area contributed by atoms with Crippen molar-refractivity contribution in [3.05, 3.63) is 71.3 Å². The van der Waals surface area contributed by atoms with Crippen LogP contribution < -0.4 is 25.2 Å². The van der Waals surface area contributed by atoms with Crippen molar-refractivity contribution in [1.82, 2.24) is 44.4 Å². The molecule has 16 heteroatoms. The number of fused-ring (bicyclic) bond motifs is 9. The topological polar surface area (TPSA) is 159 Å². The van der Waals surface area contributed by atoms with E-state index in [4.69, 9.17) is 19.7 Å². The van der Waals surface area contributed by atoms with Crippen molar-refractivity contribution in [3.8, 4) is 17.1 Å². The molecule has 5 aromatic rings. The molecule has 0 radical (unpaired) electrons. The Kier molecular flexibility index (Phi) is 10.6. The zero-order valence-electron chi connectivity index (χ0n) is 37.1. The van der Waals surface area contributed by atoms with Crippen LogP contribution in [0, 0.1) is 25.7 Å². The summed E-state index contributed by atoms with van der Waals surface area (Å²) < 4.78 is 10.5. The number of anilines is 3. The van der Waals surface area contributed by atoms with E-state index in [0.29, 0.717) is 66.5 Å². The SMILES string of the molecule is Cc1cc2cc(n1)-c1cnn(C)c1OC[C@H]1CC[C@H](C1)Cn1c(nc3ccc(N4CCN(C5CN(C6CCN(c7ccc(C8CCC(=O)NC8=O)nc7C)CC6)C5)CC4)cc31)NC2=O. The minimum absolute atomic E-state index is 0.199. The summed E-state index contributed by atoms with van der Waals surface area (Å²) >= 11 is 0. The minimum atomic E-state index is -0.357. The Bertz CT molecular complexity index is 2620. The van der Waals surface area contributed by atoms with E-state index in [1.54, 1.807) is 10.9 Å². The van der Waals surface area contributed by atoms with E-state index in [0.717, 1.165) is 130 Å². The number of amides is 3. The maximum absolute atomic E-state index is 14.0. The molecular formula is C48H58N12O4. The fourth-order valence-corrected chi connectivity index (χ4v) is 11.3. The lowest BCUT2D eigenvalue weighted by Crippen LogP contribution is -2.66. The first-order valence-corrected chi connectivity index (χ1v) is 23.3. The molecule has 0 spiro atoms. The number of imide groups is 1. The molecule has 1 unspecified atom stereocenters. The highest BCUT2D eigenvalue weighted by atomic mass is 16.5. The van der Waals surface area contributed by atoms with Gasteiger partial charge in [0.25, 0.3) is 5.91 Å². The number of benzene rings is 1. The van der Waals surface area contributed by atoms with Gasteiger partial charge in [0.2, 0.25) is 23.6 Å². The molecule has 1 aliphatic carbocycles. The van der Waals surface area contributed by atoms with Crippen LogP contribution in [0.15, 0.2) is 48.7 Å². The average Bonchev–Trinajstić information content (AvgIpc) is 3.98. The number of pyridine rings is 2. The Hall–Kier alpha value is -5.87. The third kappa shape index (κ3) is 7.77. The van der Waals surface area contributed by atoms with E-state index in [1.807, 2.05) is 39.1 Å². The van der Waals surface area contributed by atoms with Gasteiger partial charge in [-0.3, -0.25) is 44.8 Å². The first kappa shape index (κ1) is 40.9. The number of hydrogen-bond acceptors (Lipinski definition) is 12. The van der Waals surface area contributed by atoms with Gasteiger partial charge in [0.15, 0.2) is 0 Å². The molecule has 64 heavy (non-hydrogen) atoms. The molecule has 1 saturated carbocycles. The quantitative estimate of drug-likeness (QED) is 0.231. The van der Waals surface area contributed by atoms with Gasteiger partial charge in [-0.2, -0.15) is 5.10 Å². The van der Waals surface area contributed by atoms with Crippen LogP contribution in [0.25, 0.3) is 22.3 Å². The highest BCUT2D eigenvalue weighted by Crippen LogP contribution is 2.38. The van der Waals surface area contributed by atoms with E-state index in [2.05, 4.69) is 64.2 Å². The second-order valence-electron chi connectivity index (χ2n) is 19.1. The molecule has 3 amide bonds. The van der Waals surface area contributed by atoms with Crippen LogP contribution >= 0.6 is 0 Å². The average molecular weight is 867 g/mol. The van der Waals surface area contributed by atoms with Crippen LogP contribution in [0.1, 0.15) is 78.3 Å². The Morgan fingerprint density at radius 3 is 2.36 bits per heavy atom. The van der Waals surface area contributed by atoms with Crippen LogP contribution in [-0.2, 0) is 23.2 Å². The molecular weight excluding hydrogens is 809 g/mol. The van der Waals surface area contributed by atoms with Gasteiger partial charge in [-0.15, -0.1) is 0 Å². The molecule has 16 nitrogen and oxygen atoms in total. The summed E-state index contributed by atoms with van der Waals surface area (Å²) in [6.07, 6.45) is 8.15. The molecule has 334 valence electrons. The van der Waals surface area contributed by atoms with Crippen LogP contribution in [-0.4, -0.2) is 128 Å². The summed E-state index contributed by atoms with van der Waals surface area (Å²) in [6.45, 7) is 13.6. The second-order valence-corrected chi connectivity index (χ2v) is 19.1. The molecule has 11 rings (SSSR count). The van der Waals surface area contributed by atoms with Crippen molar-refractivity contribution in [2.24, 2.45) is 18.9 Å². The van der Waals surface area contributed by atoms with Crippen LogP contribution in [0.4, 0.5) is 17.3 Å². The number of carbonyl (C=O) groups is 3. The molecule has 4 bridgehead atoms. The maximum atomic E-state index is 14.0. The molecule has 5 aliphatic heterocycles. The fourth-order valence-electron chi connectivity index (χ4n) is 11.3. The molecule has 2 N–H and O–H groups in total. The van der Waals surface area contributed by atoms with Gasteiger partial charge in [0.1, 0.15) is 0 Å². The smallest absolute Gasteiger partial charge is 0.258 e. The predicted molar refractivity (Wildman–Crippen MR) is 244 cm³/mol. The lowest BCUT2D eigenvalue weighted by molar-refractivity contribution is -0.134. The number of piperazine rings is 1. The maximum Gasteiger partial charge on any atom is 0.258 e. The predicted octanol–water partition coefficient (Wildman–Crippen LogP) is 4.90. The Balaban J connectivity index is 0.721. The summed E-state index contributed by atoms with van der Waals surface area (Å²) in [5.74, 6) is 1.13. The van der Waals surface area contributed by atoms with Crippen molar-refractivity contribution in [1.29, 1.82) is 0 Å². The molecule has 6 aliphatic rings. The summed E-state index contributed by atoms with van der Waals surface area (Å²) in [5, 5.41) is 10.1. The Morgan fingerprint density at radius 2 is 1.56 bits per heavy atom. The third-order valence-electron chi connectivity index (χ3n) is 15.0. The number of imidazole rings is 1. The van der Waals surface area contributed by atoms with Gasteiger partial charge in [0, 0.05) is 101 Å². The highest BCUT2D eigenvalue weighted by molar-refractivity contribution is 6.05. The van der Waals surface area contributed by atoms with Crippen molar-refractivity contribution >= 4 is 46.1 Å². The number of hydrogen-bond donors (Lipinski definition) is 2. The normalized spacial score (nSPS) is 24.0. The monoisotopic (exact) mass is 866 g/mol. The number of likely N-dealkylation sites (tertiary alicyclic amines) is 1. The van der Waals surface area contributed by atoms with Crippen LogP contribution in [0.3, 0.4) is 0 Å². The van der Waals surface area contributed by atoms with Gasteiger partial charge < -0.3 is 19.1 Å². The van der Waals surface area contributed by atoms with E-state index in [9.17, 15) is 14.4 Å². The summed E-state index contributed by atoms with van der Waals surface area (Å²) in [4.78, 5) is 63.0. The first-order chi connectivity index (χ1) is 31.1. The van der Waals surface area contributed by atoms with E-state index >= 15 is 0 Å². The summed E-state index contributed by atoms with van der Waals surface area (Å²) in [5.41, 5.74) is 8.71. The fraction of sp³-hybridized carbons (Fsp3) is 0.521. The van der Waals surface area contributed by atoms with Gasteiger partial charge in [-0.1, -0.05) is 0 Å². The van der Waals surface area contributed by atoms with Crippen LogP contribution in [0.2, 0.25) is 0 Å². The number of nitrogens with zero attached hydrogens (tertiary/aromatic N) is 10. The molecule has 9 heterocycles. The largest absolute Gasteiger partial charge is 0.477 e. The minimum Gasteiger partial charge on any atom is -0.477 e. The third-order valence-corrected chi connectivity index (χ3v) is 15.0. The Morgan fingerprint density at radius 1 is 0.750 bits per heavy atom. The number of aryl methyl sites for hydroxylation is 3. The number of aromatic nitrogens is 6. The van der Waals surface area contributed by atoms with Crippen molar-refractivity contribution < 1.29 is 19.1 Å². The zero-order chi connectivity index (χ0) is 43.6. The van der Waals surface area contributed by atoms with Gasteiger partial charge in [-0.05, 0) is 107 Å². The molecule has 4 aromatic heterocycles. The van der Waals surface area contributed by atoms with E-state index in [1.165, 1.54) is 5.69 Å². The summed E-state index contributed by atoms with van der Waals surface area (Å²) in [7, 11) is 1.89. The number of ether oxygens (including phenoxy) is 1. The molecule has 1 aromatic carbocycles. The second kappa shape index (κ2) is 16.6. The van der Waals surface area contributed by atoms with Gasteiger partial charge in [-0.25, -0.2) is 9.67 Å². The lowest BCUT2D eigenvalue weighted by atomic mass is 9.93. The van der Waals surface area contributed by atoms with Crippen LogP contribution in [0.5, 0.6) is 5.88 Å². The zero-order valence-corrected chi connectivity index (χ0v) is 37.1. The molecule has 4 saturated heterocycles. The van der Waals surface area contributed by atoms with Crippen molar-refractivity contribution in [2.75, 3.05) is 74.1 Å². The van der Waals surface area contributed by atoms with Crippen molar-refractivity contribution in [3.63, 3.8) is 0 Å². The number of nitrogens with one attached hydrogen (secondary N) is 2. The van der Waals surface area contributed by atoms with E-state index in [-0.39, 0.29) is 23.6 Å². The highest BCUT2D eigenvalue weighted by Gasteiger charge is 2.39. The number of carbonyl (C=O) groups excluding carboxylic acids is 3. The number of piperidine rings is 2. The Labute approximate surface area is 373 Å². The molecule has 5 fully saturated rings. The summed E-state index contributed by atoms with van der Waals surface area (Å²) in [6, 6.07) is 15.5. The van der Waals surface area contributed by atoms with E-state index < -0.39 is 0 Å². The number of rotatable bonds is 5. The van der Waals surface area contributed by atoms with Gasteiger partial charge >= 0.3 is 0 Å². The first-order valence-electron chi connectivity index (χ1n) is 23.3.